The number of carbonyl (C=O) groups is 2. The predicted molar refractivity (Wildman–Crippen MR) is 182 cm³/mol. The molecule has 2 heterocycles. The summed E-state index contributed by atoms with van der Waals surface area (Å²) in [5.74, 6) is 1.31. The first-order valence-electron chi connectivity index (χ1n) is 15.3. The molecule has 4 atom stereocenters. The highest BCUT2D eigenvalue weighted by Gasteiger charge is 2.27. The quantitative estimate of drug-likeness (QED) is 0.170. The van der Waals surface area contributed by atoms with Gasteiger partial charge in [0.1, 0.15) is 0 Å². The molecule has 2 fully saturated rings. The van der Waals surface area contributed by atoms with Gasteiger partial charge in [-0.15, -0.1) is 0 Å². The fraction of sp³-hybridized carbons (Fsp3) is 0.316. The minimum Gasteiger partial charge on any atom is -0.378 e. The summed E-state index contributed by atoms with van der Waals surface area (Å²) in [6, 6.07) is 36.1. The fourth-order valence-electron chi connectivity index (χ4n) is 6.02. The molecule has 2 aliphatic heterocycles. The number of benzene rings is 4. The maximum atomic E-state index is 12.4. The van der Waals surface area contributed by atoms with Gasteiger partial charge < -0.3 is 9.47 Å². The van der Waals surface area contributed by atoms with Crippen molar-refractivity contribution in [2.24, 2.45) is 0 Å². The van der Waals surface area contributed by atoms with Gasteiger partial charge in [-0.2, -0.15) is 0 Å². The highest BCUT2D eigenvalue weighted by Crippen LogP contribution is 2.33. The van der Waals surface area contributed by atoms with Gasteiger partial charge in [-0.1, -0.05) is 117 Å². The van der Waals surface area contributed by atoms with Crippen LogP contribution in [-0.4, -0.2) is 37.0 Å². The number of carbonyl (C=O) groups excluding carboxylic acids is 2. The van der Waals surface area contributed by atoms with Crippen LogP contribution in [-0.2, 0) is 9.47 Å². The maximum Gasteiger partial charge on any atom is 0.165 e. The average molecular weight is 719 g/mol. The molecule has 0 bridgehead atoms. The van der Waals surface area contributed by atoms with E-state index < -0.39 is 0 Å². The van der Waals surface area contributed by atoms with Crippen LogP contribution < -0.4 is 0 Å². The highest BCUT2D eigenvalue weighted by molar-refractivity contribution is 9.10. The van der Waals surface area contributed by atoms with Crippen molar-refractivity contribution in [2.75, 3.05) is 13.2 Å². The SMILES string of the molecule is O=C(C[C@@H]1C[C@H](c2ccccc2)CCO1)c1ccc(Br)cc1.O=C(C[C@H]1C[C@@H](c2ccccc2)CCO1)c1ccc(Br)cc1. The van der Waals surface area contributed by atoms with Crippen LogP contribution >= 0.6 is 31.9 Å². The topological polar surface area (TPSA) is 52.6 Å². The first kappa shape index (κ1) is 32.5. The maximum absolute atomic E-state index is 12.4. The van der Waals surface area contributed by atoms with Crippen molar-refractivity contribution in [1.82, 2.24) is 0 Å². The van der Waals surface area contributed by atoms with E-state index in [1.54, 1.807) is 0 Å². The van der Waals surface area contributed by atoms with Crippen LogP contribution in [0, 0.1) is 0 Å². The van der Waals surface area contributed by atoms with Crippen molar-refractivity contribution in [3.05, 3.63) is 140 Å². The Morgan fingerprint density at radius 1 is 0.545 bits per heavy atom. The summed E-state index contributed by atoms with van der Waals surface area (Å²) in [5, 5.41) is 0. The molecule has 0 aliphatic carbocycles. The first-order valence-corrected chi connectivity index (χ1v) is 16.9. The Morgan fingerprint density at radius 2 is 0.909 bits per heavy atom. The molecule has 0 aromatic heterocycles. The molecule has 44 heavy (non-hydrogen) atoms. The molecule has 4 aromatic carbocycles. The third-order valence-electron chi connectivity index (χ3n) is 8.44. The van der Waals surface area contributed by atoms with Crippen molar-refractivity contribution in [1.29, 1.82) is 0 Å². The second-order valence-corrected chi connectivity index (χ2v) is 13.3. The van der Waals surface area contributed by atoms with E-state index in [-0.39, 0.29) is 23.8 Å². The van der Waals surface area contributed by atoms with E-state index in [0.717, 1.165) is 59.0 Å². The van der Waals surface area contributed by atoms with E-state index in [9.17, 15) is 9.59 Å². The molecule has 2 aliphatic rings. The molecular weight excluding hydrogens is 680 g/mol. The number of halogens is 2. The van der Waals surface area contributed by atoms with Crippen LogP contribution in [0.1, 0.15) is 82.2 Å². The van der Waals surface area contributed by atoms with Crippen LogP contribution in [0.5, 0.6) is 0 Å². The van der Waals surface area contributed by atoms with Crippen molar-refractivity contribution >= 4 is 43.4 Å². The Hall–Kier alpha value is -2.90. The van der Waals surface area contributed by atoms with E-state index in [0.29, 0.717) is 24.7 Å². The second-order valence-electron chi connectivity index (χ2n) is 11.5. The normalized spacial score (nSPS) is 21.5. The molecule has 0 radical (unpaired) electrons. The molecule has 0 unspecified atom stereocenters. The van der Waals surface area contributed by atoms with Gasteiger partial charge in [0.15, 0.2) is 11.6 Å². The molecule has 228 valence electrons. The molecule has 4 nitrogen and oxygen atoms in total. The largest absolute Gasteiger partial charge is 0.378 e. The Bertz CT molecular complexity index is 1360. The van der Waals surface area contributed by atoms with Gasteiger partial charge in [0, 0.05) is 46.1 Å². The lowest BCUT2D eigenvalue weighted by Crippen LogP contribution is -2.27. The number of rotatable bonds is 8. The monoisotopic (exact) mass is 716 g/mol. The zero-order valence-electron chi connectivity index (χ0n) is 24.7. The third-order valence-corrected chi connectivity index (χ3v) is 9.49. The molecular formula is C38H38Br2O4. The summed E-state index contributed by atoms with van der Waals surface area (Å²) in [7, 11) is 0. The summed E-state index contributed by atoms with van der Waals surface area (Å²) < 4.78 is 13.6. The predicted octanol–water partition coefficient (Wildman–Crippen LogP) is 9.97. The molecule has 6 rings (SSSR count). The lowest BCUT2D eigenvalue weighted by Gasteiger charge is -2.29. The highest BCUT2D eigenvalue weighted by atomic mass is 79.9. The number of hydrogen-bond donors (Lipinski definition) is 0. The van der Waals surface area contributed by atoms with E-state index >= 15 is 0 Å². The van der Waals surface area contributed by atoms with Gasteiger partial charge in [-0.3, -0.25) is 9.59 Å². The lowest BCUT2D eigenvalue weighted by molar-refractivity contribution is 0.00386. The number of ketones is 2. The van der Waals surface area contributed by atoms with Gasteiger partial charge in [0.2, 0.25) is 0 Å². The molecule has 6 heteroatoms. The minimum atomic E-state index is 0.0232. The van der Waals surface area contributed by atoms with Crippen molar-refractivity contribution in [2.45, 2.75) is 62.6 Å². The zero-order chi connectivity index (χ0) is 30.7. The first-order chi connectivity index (χ1) is 21.4. The Morgan fingerprint density at radius 3 is 1.27 bits per heavy atom. The van der Waals surface area contributed by atoms with E-state index in [2.05, 4.69) is 80.4 Å². The van der Waals surface area contributed by atoms with E-state index in [1.165, 1.54) is 11.1 Å². The van der Waals surface area contributed by atoms with Gasteiger partial charge in [0.25, 0.3) is 0 Å². The van der Waals surface area contributed by atoms with Gasteiger partial charge in [-0.25, -0.2) is 0 Å². The zero-order valence-corrected chi connectivity index (χ0v) is 27.9. The van der Waals surface area contributed by atoms with Crippen LogP contribution in [0.15, 0.2) is 118 Å². The number of Topliss-reactive ketones (excluding diaryl/α,β-unsaturated/α-hetero) is 2. The Labute approximate surface area is 277 Å². The van der Waals surface area contributed by atoms with Crippen molar-refractivity contribution in [3.8, 4) is 0 Å². The summed E-state index contributed by atoms with van der Waals surface area (Å²) in [4.78, 5) is 24.7. The van der Waals surface area contributed by atoms with E-state index in [1.807, 2.05) is 60.7 Å². The molecule has 2 saturated heterocycles. The summed E-state index contributed by atoms with van der Waals surface area (Å²) in [5.41, 5.74) is 4.22. The summed E-state index contributed by atoms with van der Waals surface area (Å²) >= 11 is 6.78. The Balaban J connectivity index is 0.000000175. The molecule has 0 amide bonds. The van der Waals surface area contributed by atoms with Gasteiger partial charge in [0.05, 0.1) is 12.2 Å². The van der Waals surface area contributed by atoms with Crippen LogP contribution in [0.3, 0.4) is 0 Å². The molecule has 0 saturated carbocycles. The van der Waals surface area contributed by atoms with Crippen LogP contribution in [0.2, 0.25) is 0 Å². The van der Waals surface area contributed by atoms with Crippen molar-refractivity contribution in [3.63, 3.8) is 0 Å². The lowest BCUT2D eigenvalue weighted by atomic mass is 9.87. The van der Waals surface area contributed by atoms with Gasteiger partial charge >= 0.3 is 0 Å². The minimum absolute atomic E-state index is 0.0232. The molecule has 4 aromatic rings. The second kappa shape index (κ2) is 16.4. The van der Waals surface area contributed by atoms with Crippen LogP contribution in [0.4, 0.5) is 0 Å². The van der Waals surface area contributed by atoms with E-state index in [4.69, 9.17) is 9.47 Å². The number of ether oxygens (including phenoxy) is 2. The summed E-state index contributed by atoms with van der Waals surface area (Å²) in [6.45, 7) is 1.47. The number of hydrogen-bond acceptors (Lipinski definition) is 4. The molecule has 0 spiro atoms. The average Bonchev–Trinajstić information content (AvgIpc) is 3.07. The smallest absolute Gasteiger partial charge is 0.165 e. The Kier molecular flexibility index (Phi) is 12.1. The molecule has 0 N–H and O–H groups in total. The summed E-state index contributed by atoms with van der Waals surface area (Å²) in [6.07, 6.45) is 4.89. The van der Waals surface area contributed by atoms with Crippen molar-refractivity contribution < 1.29 is 19.1 Å². The van der Waals surface area contributed by atoms with Gasteiger partial charge in [-0.05, 0) is 72.9 Å². The fourth-order valence-corrected chi connectivity index (χ4v) is 6.55. The van der Waals surface area contributed by atoms with Crippen LogP contribution in [0.25, 0.3) is 0 Å². The third kappa shape index (κ3) is 9.55. The standard InChI is InChI=1S/2C19H19BrO2/c2*20-17-8-6-15(7-9-17)19(21)13-18-12-16(10-11-22-18)14-4-2-1-3-5-14/h2*1-9,16,18H,10-13H2/t2*16-,18+/m10/s1.